The zero-order valence-electron chi connectivity index (χ0n) is 10.5. The lowest BCUT2D eigenvalue weighted by Gasteiger charge is -2.20. The average Bonchev–Trinajstić information content (AvgIpc) is 2.28. The van der Waals surface area contributed by atoms with Crippen LogP contribution in [0.4, 0.5) is 0 Å². The van der Waals surface area contributed by atoms with E-state index in [1.165, 1.54) is 44.9 Å². The molecular weight excluding hydrogens is 214 g/mol. The Hall–Kier alpha value is -1.08. The zero-order valence-corrected chi connectivity index (χ0v) is 10.5. The van der Waals surface area contributed by atoms with Crippen LogP contribution in [-0.2, 0) is 4.79 Å². The third-order valence-electron chi connectivity index (χ3n) is 3.22. The van der Waals surface area contributed by atoms with E-state index >= 15 is 0 Å². The molecule has 0 spiro atoms. The van der Waals surface area contributed by atoms with Crippen molar-refractivity contribution in [2.45, 2.75) is 57.4 Å². The van der Waals surface area contributed by atoms with Gasteiger partial charge in [0, 0.05) is 12.6 Å². The van der Waals surface area contributed by atoms with Gasteiger partial charge in [0.25, 0.3) is 0 Å². The second-order valence-corrected chi connectivity index (χ2v) is 4.68. The molecule has 1 aliphatic carbocycles. The van der Waals surface area contributed by atoms with Crippen LogP contribution < -0.4 is 10.6 Å². The standard InChI is InChI=1S/C13H23N3O/c14-9-6-10-15-13(17)11-16-12-7-4-2-1-3-5-8-12/h12,16H,1-8,10-11H2,(H,15,17). The van der Waals surface area contributed by atoms with Gasteiger partial charge >= 0.3 is 0 Å². The molecular formula is C13H23N3O. The summed E-state index contributed by atoms with van der Waals surface area (Å²) >= 11 is 0. The molecule has 0 bridgehead atoms. The van der Waals surface area contributed by atoms with Crippen molar-refractivity contribution in [1.82, 2.24) is 10.6 Å². The summed E-state index contributed by atoms with van der Waals surface area (Å²) in [4.78, 5) is 11.4. The molecule has 4 heteroatoms. The smallest absolute Gasteiger partial charge is 0.233 e. The number of nitriles is 1. The van der Waals surface area contributed by atoms with Gasteiger partial charge in [0.2, 0.25) is 5.91 Å². The van der Waals surface area contributed by atoms with E-state index in [9.17, 15) is 4.79 Å². The van der Waals surface area contributed by atoms with Crippen LogP contribution >= 0.6 is 0 Å². The fraction of sp³-hybridized carbons (Fsp3) is 0.846. The van der Waals surface area contributed by atoms with Gasteiger partial charge in [-0.3, -0.25) is 4.79 Å². The monoisotopic (exact) mass is 237 g/mol. The highest BCUT2D eigenvalue weighted by Crippen LogP contribution is 2.16. The topological polar surface area (TPSA) is 64.9 Å². The molecule has 0 unspecified atom stereocenters. The van der Waals surface area contributed by atoms with Gasteiger partial charge in [-0.1, -0.05) is 32.1 Å². The van der Waals surface area contributed by atoms with Gasteiger partial charge in [0.1, 0.15) is 0 Å². The van der Waals surface area contributed by atoms with Crippen molar-refractivity contribution >= 4 is 5.91 Å². The number of hydrogen-bond donors (Lipinski definition) is 2. The van der Waals surface area contributed by atoms with Gasteiger partial charge in [-0.25, -0.2) is 0 Å². The molecule has 0 aromatic heterocycles. The lowest BCUT2D eigenvalue weighted by atomic mass is 9.97. The molecule has 0 saturated heterocycles. The van der Waals surface area contributed by atoms with Gasteiger partial charge in [-0.05, 0) is 12.8 Å². The molecule has 0 radical (unpaired) electrons. The van der Waals surface area contributed by atoms with Crippen LogP contribution in [0.15, 0.2) is 0 Å². The van der Waals surface area contributed by atoms with Crippen molar-refractivity contribution in [2.75, 3.05) is 13.1 Å². The van der Waals surface area contributed by atoms with Crippen LogP contribution in [-0.4, -0.2) is 25.0 Å². The summed E-state index contributed by atoms with van der Waals surface area (Å²) in [5.41, 5.74) is 0. The predicted octanol–water partition coefficient (Wildman–Crippen LogP) is 1.72. The first kappa shape index (κ1) is 14.0. The van der Waals surface area contributed by atoms with Gasteiger partial charge in [0.05, 0.1) is 19.0 Å². The largest absolute Gasteiger partial charge is 0.354 e. The van der Waals surface area contributed by atoms with Gasteiger partial charge in [-0.15, -0.1) is 0 Å². The number of rotatable bonds is 5. The highest BCUT2D eigenvalue weighted by atomic mass is 16.1. The second kappa shape index (κ2) is 9.00. The first-order valence-electron chi connectivity index (χ1n) is 6.70. The molecule has 1 saturated carbocycles. The average molecular weight is 237 g/mol. The van der Waals surface area contributed by atoms with Crippen LogP contribution in [0.25, 0.3) is 0 Å². The van der Waals surface area contributed by atoms with Crippen molar-refractivity contribution in [3.05, 3.63) is 0 Å². The fourth-order valence-electron chi connectivity index (χ4n) is 2.22. The maximum atomic E-state index is 11.4. The summed E-state index contributed by atoms with van der Waals surface area (Å²) in [5, 5.41) is 14.4. The minimum atomic E-state index is 0.00214. The Balaban J connectivity index is 2.10. The molecule has 0 aliphatic heterocycles. The number of nitrogens with one attached hydrogen (secondary N) is 2. The summed E-state index contributed by atoms with van der Waals surface area (Å²) in [7, 11) is 0. The van der Waals surface area contributed by atoms with Crippen LogP contribution in [0.5, 0.6) is 0 Å². The summed E-state index contributed by atoms with van der Waals surface area (Å²) < 4.78 is 0. The number of nitrogens with zero attached hydrogens (tertiary/aromatic N) is 1. The van der Waals surface area contributed by atoms with E-state index in [0.717, 1.165) is 0 Å². The normalized spacial score (nSPS) is 17.8. The maximum absolute atomic E-state index is 11.4. The van der Waals surface area contributed by atoms with E-state index in [2.05, 4.69) is 10.6 Å². The molecule has 1 aliphatic rings. The van der Waals surface area contributed by atoms with Gasteiger partial charge in [-0.2, -0.15) is 5.26 Å². The summed E-state index contributed by atoms with van der Waals surface area (Å²) in [6, 6.07) is 2.51. The minimum Gasteiger partial charge on any atom is -0.354 e. The first-order chi connectivity index (χ1) is 8.33. The Bertz CT molecular complexity index is 252. The Morgan fingerprint density at radius 2 is 1.82 bits per heavy atom. The van der Waals surface area contributed by atoms with E-state index in [1.54, 1.807) is 0 Å². The SMILES string of the molecule is N#CCCNC(=O)CNC1CCCCCCC1. The van der Waals surface area contributed by atoms with E-state index in [0.29, 0.717) is 25.6 Å². The van der Waals surface area contributed by atoms with Gasteiger partial charge in [0.15, 0.2) is 0 Å². The van der Waals surface area contributed by atoms with E-state index < -0.39 is 0 Å². The zero-order chi connectivity index (χ0) is 12.3. The quantitative estimate of drug-likeness (QED) is 0.716. The van der Waals surface area contributed by atoms with Crippen LogP contribution in [0, 0.1) is 11.3 Å². The van der Waals surface area contributed by atoms with Crippen molar-refractivity contribution in [2.24, 2.45) is 0 Å². The van der Waals surface area contributed by atoms with Crippen molar-refractivity contribution in [1.29, 1.82) is 5.26 Å². The Labute approximate surface area is 104 Å². The Kier molecular flexibility index (Phi) is 7.40. The minimum absolute atomic E-state index is 0.00214. The highest BCUT2D eigenvalue weighted by molar-refractivity contribution is 5.77. The van der Waals surface area contributed by atoms with Crippen molar-refractivity contribution in [3.63, 3.8) is 0 Å². The molecule has 0 aromatic rings. The molecule has 4 nitrogen and oxygen atoms in total. The number of carbonyl (C=O) groups excluding carboxylic acids is 1. The lowest BCUT2D eigenvalue weighted by molar-refractivity contribution is -0.120. The number of hydrogen-bond acceptors (Lipinski definition) is 3. The first-order valence-corrected chi connectivity index (χ1v) is 6.70. The molecule has 96 valence electrons. The molecule has 17 heavy (non-hydrogen) atoms. The molecule has 1 fully saturated rings. The Morgan fingerprint density at radius 1 is 1.18 bits per heavy atom. The number of amides is 1. The summed E-state index contributed by atoms with van der Waals surface area (Å²) in [6.07, 6.45) is 9.31. The van der Waals surface area contributed by atoms with Crippen molar-refractivity contribution < 1.29 is 4.79 Å². The van der Waals surface area contributed by atoms with Crippen LogP contribution in [0.2, 0.25) is 0 Å². The van der Waals surface area contributed by atoms with Crippen molar-refractivity contribution in [3.8, 4) is 6.07 Å². The summed E-state index contributed by atoms with van der Waals surface area (Å²) in [6.45, 7) is 0.845. The fourth-order valence-corrected chi connectivity index (χ4v) is 2.22. The van der Waals surface area contributed by atoms with Crippen LogP contribution in [0.1, 0.15) is 51.4 Å². The van der Waals surface area contributed by atoms with E-state index in [1.807, 2.05) is 6.07 Å². The molecule has 0 heterocycles. The van der Waals surface area contributed by atoms with Gasteiger partial charge < -0.3 is 10.6 Å². The predicted molar refractivity (Wildman–Crippen MR) is 67.3 cm³/mol. The molecule has 0 aromatic carbocycles. The summed E-state index contributed by atoms with van der Waals surface area (Å²) in [5.74, 6) is 0.00214. The molecule has 1 amide bonds. The number of carbonyl (C=O) groups is 1. The molecule has 0 atom stereocenters. The third kappa shape index (κ3) is 6.96. The van der Waals surface area contributed by atoms with E-state index in [-0.39, 0.29) is 5.91 Å². The molecule has 2 N–H and O–H groups in total. The lowest BCUT2D eigenvalue weighted by Crippen LogP contribution is -2.39. The Morgan fingerprint density at radius 3 is 2.47 bits per heavy atom. The maximum Gasteiger partial charge on any atom is 0.233 e. The molecule has 1 rings (SSSR count). The van der Waals surface area contributed by atoms with E-state index in [4.69, 9.17) is 5.26 Å². The second-order valence-electron chi connectivity index (χ2n) is 4.68. The third-order valence-corrected chi connectivity index (χ3v) is 3.22. The van der Waals surface area contributed by atoms with Crippen LogP contribution in [0.3, 0.4) is 0 Å². The highest BCUT2D eigenvalue weighted by Gasteiger charge is 2.11.